The molecule has 0 aliphatic heterocycles. The summed E-state index contributed by atoms with van der Waals surface area (Å²) in [4.78, 5) is 17.0. The van der Waals surface area contributed by atoms with Crippen LogP contribution in [0, 0.1) is 0 Å². The van der Waals surface area contributed by atoms with Gasteiger partial charge in [0.25, 0.3) is 0 Å². The van der Waals surface area contributed by atoms with Crippen molar-refractivity contribution in [1.29, 1.82) is 0 Å². The van der Waals surface area contributed by atoms with Crippen molar-refractivity contribution in [2.45, 2.75) is 19.3 Å². The molecule has 0 amide bonds. The Morgan fingerprint density at radius 2 is 1.92 bits per heavy atom. The summed E-state index contributed by atoms with van der Waals surface area (Å²) in [6.45, 7) is 2.14. The molecule has 0 N–H and O–H groups in total. The van der Waals surface area contributed by atoms with Crippen LogP contribution in [-0.2, 0) is 16.0 Å². The predicted octanol–water partition coefficient (Wildman–Crippen LogP) is 4.27. The van der Waals surface area contributed by atoms with Gasteiger partial charge in [-0.1, -0.05) is 54.6 Å². The molecule has 1 aromatic heterocycles. The number of oxazole rings is 1. The van der Waals surface area contributed by atoms with Crippen LogP contribution in [0.2, 0.25) is 0 Å². The summed E-state index contributed by atoms with van der Waals surface area (Å²) < 4.78 is 11.1. The number of carbonyl (C=O) groups is 1. The highest BCUT2D eigenvalue weighted by atomic mass is 16.5. The lowest BCUT2D eigenvalue weighted by Crippen LogP contribution is -2.19. The van der Waals surface area contributed by atoms with Crippen LogP contribution in [0.15, 0.2) is 71.2 Å². The van der Waals surface area contributed by atoms with E-state index in [0.29, 0.717) is 17.9 Å². The molecule has 0 aliphatic carbocycles. The Balaban J connectivity index is 1.89. The number of esters is 1. The first-order valence-electron chi connectivity index (χ1n) is 7.95. The van der Waals surface area contributed by atoms with Crippen molar-refractivity contribution in [1.82, 2.24) is 4.98 Å². The molecule has 0 bridgehead atoms. The number of rotatable bonds is 6. The van der Waals surface area contributed by atoms with Crippen LogP contribution < -0.4 is 0 Å². The molecule has 0 radical (unpaired) electrons. The second kappa shape index (κ2) is 7.59. The standard InChI is InChI=1S/C20H19NO3/c1-2-3-13-23-20(22)16(14-15-9-5-4-6-10-15)19-21-17-11-7-8-12-18(17)24-19/h2-12,16H,13-14H2,1H3/b3-2+. The van der Waals surface area contributed by atoms with Gasteiger partial charge >= 0.3 is 5.97 Å². The topological polar surface area (TPSA) is 52.3 Å². The Labute approximate surface area is 140 Å². The summed E-state index contributed by atoms with van der Waals surface area (Å²) in [5.74, 6) is -0.501. The fraction of sp³-hybridized carbons (Fsp3) is 0.200. The largest absolute Gasteiger partial charge is 0.461 e. The van der Waals surface area contributed by atoms with Crippen LogP contribution in [0.5, 0.6) is 0 Å². The third-order valence-corrected chi connectivity index (χ3v) is 3.73. The van der Waals surface area contributed by atoms with Crippen LogP contribution in [0.4, 0.5) is 0 Å². The van der Waals surface area contributed by atoms with E-state index >= 15 is 0 Å². The number of nitrogens with zero attached hydrogens (tertiary/aromatic N) is 1. The Morgan fingerprint density at radius 1 is 1.17 bits per heavy atom. The molecule has 24 heavy (non-hydrogen) atoms. The second-order valence-electron chi connectivity index (χ2n) is 5.46. The van der Waals surface area contributed by atoms with Gasteiger partial charge in [0.1, 0.15) is 18.0 Å². The normalized spacial score (nSPS) is 12.5. The number of allylic oxidation sites excluding steroid dienone is 1. The van der Waals surface area contributed by atoms with Gasteiger partial charge in [-0.2, -0.15) is 0 Å². The van der Waals surface area contributed by atoms with Gasteiger partial charge in [-0.3, -0.25) is 4.79 Å². The summed E-state index contributed by atoms with van der Waals surface area (Å²) in [5, 5.41) is 0. The van der Waals surface area contributed by atoms with Gasteiger partial charge in [0, 0.05) is 0 Å². The number of carbonyl (C=O) groups excluding carboxylic acids is 1. The summed E-state index contributed by atoms with van der Waals surface area (Å²) in [5.41, 5.74) is 2.45. The lowest BCUT2D eigenvalue weighted by atomic mass is 9.99. The zero-order valence-electron chi connectivity index (χ0n) is 13.5. The molecule has 0 saturated heterocycles. The minimum atomic E-state index is -0.565. The molecule has 3 aromatic rings. The maximum absolute atomic E-state index is 12.5. The Hall–Kier alpha value is -2.88. The van der Waals surface area contributed by atoms with Crippen LogP contribution >= 0.6 is 0 Å². The van der Waals surface area contributed by atoms with Crippen molar-refractivity contribution in [3.63, 3.8) is 0 Å². The molecule has 0 fully saturated rings. The average molecular weight is 321 g/mol. The minimum absolute atomic E-state index is 0.251. The number of ether oxygens (including phenoxy) is 1. The van der Waals surface area contributed by atoms with Gasteiger partial charge < -0.3 is 9.15 Å². The lowest BCUT2D eigenvalue weighted by Gasteiger charge is -2.12. The SMILES string of the molecule is C/C=C/COC(=O)C(Cc1ccccc1)c1nc2ccccc2o1. The van der Waals surface area contributed by atoms with Gasteiger partial charge in [-0.15, -0.1) is 0 Å². The smallest absolute Gasteiger partial charge is 0.319 e. The Bertz CT molecular complexity index is 803. The quantitative estimate of drug-likeness (QED) is 0.502. The number of benzene rings is 2. The van der Waals surface area contributed by atoms with Crippen molar-refractivity contribution in [2.75, 3.05) is 6.61 Å². The van der Waals surface area contributed by atoms with Crippen molar-refractivity contribution in [3.8, 4) is 0 Å². The van der Waals surface area contributed by atoms with Crippen LogP contribution in [0.3, 0.4) is 0 Å². The number of para-hydroxylation sites is 2. The molecular formula is C20H19NO3. The highest BCUT2D eigenvalue weighted by molar-refractivity contribution is 5.79. The maximum atomic E-state index is 12.5. The van der Waals surface area contributed by atoms with Gasteiger partial charge in [0.2, 0.25) is 5.89 Å². The monoisotopic (exact) mass is 321 g/mol. The number of aromatic nitrogens is 1. The van der Waals surface area contributed by atoms with E-state index in [4.69, 9.17) is 9.15 Å². The molecule has 0 spiro atoms. The van der Waals surface area contributed by atoms with Crippen LogP contribution in [0.1, 0.15) is 24.3 Å². The first kappa shape index (κ1) is 16.0. The summed E-state index contributed by atoms with van der Waals surface area (Å²) in [7, 11) is 0. The molecule has 1 heterocycles. The molecule has 1 unspecified atom stereocenters. The van der Waals surface area contributed by atoms with E-state index < -0.39 is 5.92 Å². The van der Waals surface area contributed by atoms with Crippen molar-refractivity contribution in [3.05, 3.63) is 78.2 Å². The highest BCUT2D eigenvalue weighted by Gasteiger charge is 2.27. The van der Waals surface area contributed by atoms with Crippen molar-refractivity contribution >= 4 is 17.1 Å². The minimum Gasteiger partial charge on any atom is -0.461 e. The molecular weight excluding hydrogens is 302 g/mol. The fourth-order valence-corrected chi connectivity index (χ4v) is 2.49. The van der Waals surface area contributed by atoms with Crippen LogP contribution in [-0.4, -0.2) is 17.6 Å². The van der Waals surface area contributed by atoms with Gasteiger partial charge in [-0.25, -0.2) is 4.98 Å². The molecule has 0 saturated carbocycles. The van der Waals surface area contributed by atoms with E-state index in [-0.39, 0.29) is 12.6 Å². The molecule has 1 atom stereocenters. The molecule has 122 valence electrons. The van der Waals surface area contributed by atoms with Gasteiger partial charge in [0.15, 0.2) is 5.58 Å². The van der Waals surface area contributed by atoms with Gasteiger partial charge in [0.05, 0.1) is 0 Å². The first-order valence-corrected chi connectivity index (χ1v) is 7.95. The Morgan fingerprint density at radius 3 is 2.67 bits per heavy atom. The summed E-state index contributed by atoms with van der Waals surface area (Å²) >= 11 is 0. The van der Waals surface area contributed by atoms with Crippen LogP contribution in [0.25, 0.3) is 11.1 Å². The zero-order chi connectivity index (χ0) is 16.8. The van der Waals surface area contributed by atoms with Gasteiger partial charge in [-0.05, 0) is 31.0 Å². The Kier molecular flexibility index (Phi) is 5.06. The number of hydrogen-bond acceptors (Lipinski definition) is 4. The van der Waals surface area contributed by atoms with Crippen molar-refractivity contribution in [2.24, 2.45) is 0 Å². The molecule has 4 nitrogen and oxygen atoms in total. The predicted molar refractivity (Wildman–Crippen MR) is 92.7 cm³/mol. The van der Waals surface area contributed by atoms with E-state index in [1.807, 2.05) is 67.6 Å². The first-order chi connectivity index (χ1) is 11.8. The van der Waals surface area contributed by atoms with Crippen molar-refractivity contribution < 1.29 is 13.9 Å². The molecule has 0 aliphatic rings. The average Bonchev–Trinajstić information content (AvgIpc) is 3.04. The third kappa shape index (κ3) is 3.71. The summed E-state index contributed by atoms with van der Waals surface area (Å²) in [6, 6.07) is 17.3. The lowest BCUT2D eigenvalue weighted by molar-refractivity contribution is -0.144. The van der Waals surface area contributed by atoms with E-state index in [2.05, 4.69) is 4.98 Å². The van der Waals surface area contributed by atoms with E-state index in [0.717, 1.165) is 11.1 Å². The third-order valence-electron chi connectivity index (χ3n) is 3.73. The molecule has 3 rings (SSSR count). The second-order valence-corrected chi connectivity index (χ2v) is 5.46. The van der Waals surface area contributed by atoms with E-state index in [1.54, 1.807) is 6.08 Å². The fourth-order valence-electron chi connectivity index (χ4n) is 2.49. The number of fused-ring (bicyclic) bond motifs is 1. The molecule has 2 aromatic carbocycles. The zero-order valence-corrected chi connectivity index (χ0v) is 13.5. The summed E-state index contributed by atoms with van der Waals surface area (Å²) in [6.07, 6.45) is 4.13. The van der Waals surface area contributed by atoms with E-state index in [1.165, 1.54) is 0 Å². The van der Waals surface area contributed by atoms with E-state index in [9.17, 15) is 4.79 Å². The molecule has 4 heteroatoms. The maximum Gasteiger partial charge on any atom is 0.319 e. The highest BCUT2D eigenvalue weighted by Crippen LogP contribution is 2.26. The number of hydrogen-bond donors (Lipinski definition) is 0.